The molecule has 0 spiro atoms. The minimum absolute atomic E-state index is 0.110. The maximum absolute atomic E-state index is 12.4. The lowest BCUT2D eigenvalue weighted by Crippen LogP contribution is -2.42. The van der Waals surface area contributed by atoms with Gasteiger partial charge in [-0.1, -0.05) is 13.8 Å². The van der Waals surface area contributed by atoms with Gasteiger partial charge in [-0.15, -0.1) is 0 Å². The Kier molecular flexibility index (Phi) is 5.41. The van der Waals surface area contributed by atoms with Crippen LogP contribution < -0.4 is 4.74 Å². The van der Waals surface area contributed by atoms with Gasteiger partial charge in [0.2, 0.25) is 0 Å². The highest BCUT2D eigenvalue weighted by Crippen LogP contribution is 2.20. The maximum atomic E-state index is 12.4. The molecule has 0 aromatic heterocycles. The van der Waals surface area contributed by atoms with E-state index in [0.29, 0.717) is 37.6 Å². The summed E-state index contributed by atoms with van der Waals surface area (Å²) in [5, 5.41) is 9.09. The smallest absolute Gasteiger partial charge is 0.308 e. The number of rotatable bonds is 5. The number of hydrogen-bond donors (Lipinski definition) is 1. The van der Waals surface area contributed by atoms with Gasteiger partial charge in [0.15, 0.2) is 0 Å². The van der Waals surface area contributed by atoms with Crippen molar-refractivity contribution in [1.82, 2.24) is 4.90 Å². The second-order valence-electron chi connectivity index (χ2n) is 6.16. The number of amides is 1. The topological polar surface area (TPSA) is 66.8 Å². The average molecular weight is 305 g/mol. The maximum Gasteiger partial charge on any atom is 0.308 e. The Morgan fingerprint density at radius 3 is 2.59 bits per heavy atom. The number of hydrogen-bond acceptors (Lipinski definition) is 3. The summed E-state index contributed by atoms with van der Waals surface area (Å²) in [6.45, 7) is 5.70. The van der Waals surface area contributed by atoms with E-state index in [0.717, 1.165) is 12.2 Å². The molecule has 0 saturated carbocycles. The predicted molar refractivity (Wildman–Crippen MR) is 83.0 cm³/mol. The second kappa shape index (κ2) is 7.29. The fourth-order valence-corrected chi connectivity index (χ4v) is 2.50. The van der Waals surface area contributed by atoms with Gasteiger partial charge < -0.3 is 14.7 Å². The second-order valence-corrected chi connectivity index (χ2v) is 6.16. The summed E-state index contributed by atoms with van der Waals surface area (Å²) in [7, 11) is 0. The zero-order chi connectivity index (χ0) is 16.1. The van der Waals surface area contributed by atoms with Crippen LogP contribution in [0.25, 0.3) is 0 Å². The molecule has 1 aliphatic rings. The van der Waals surface area contributed by atoms with Crippen LogP contribution in [0.1, 0.15) is 37.0 Å². The summed E-state index contributed by atoms with van der Waals surface area (Å²) < 4.78 is 5.59. The van der Waals surface area contributed by atoms with Crippen molar-refractivity contribution in [2.45, 2.75) is 26.7 Å². The van der Waals surface area contributed by atoms with Gasteiger partial charge in [-0.05, 0) is 43.0 Å². The van der Waals surface area contributed by atoms with E-state index in [4.69, 9.17) is 9.84 Å². The van der Waals surface area contributed by atoms with Crippen LogP contribution in [0.5, 0.6) is 5.75 Å². The SMILES string of the molecule is CC(C)COc1ccc(C(=O)N2CCC[C@H](C(=O)O)C2)cc1. The first kappa shape index (κ1) is 16.3. The average Bonchev–Trinajstić information content (AvgIpc) is 2.53. The molecule has 1 atom stereocenters. The van der Waals surface area contributed by atoms with Crippen molar-refractivity contribution in [2.24, 2.45) is 11.8 Å². The molecule has 0 aliphatic carbocycles. The van der Waals surface area contributed by atoms with Crippen LogP contribution in [0.2, 0.25) is 0 Å². The first-order valence-corrected chi connectivity index (χ1v) is 7.72. The summed E-state index contributed by atoms with van der Waals surface area (Å²) in [6.07, 6.45) is 1.37. The lowest BCUT2D eigenvalue weighted by Gasteiger charge is -2.30. The molecule has 1 amide bonds. The molecule has 0 unspecified atom stereocenters. The number of piperidine rings is 1. The molecule has 0 radical (unpaired) electrons. The lowest BCUT2D eigenvalue weighted by atomic mass is 9.97. The normalized spacial score (nSPS) is 18.3. The fourth-order valence-electron chi connectivity index (χ4n) is 2.50. The molecule has 1 saturated heterocycles. The Labute approximate surface area is 130 Å². The van der Waals surface area contributed by atoms with Crippen LogP contribution in [0, 0.1) is 11.8 Å². The number of carboxylic acids is 1. The van der Waals surface area contributed by atoms with E-state index in [2.05, 4.69) is 13.8 Å². The summed E-state index contributed by atoms with van der Waals surface area (Å²) in [4.78, 5) is 25.1. The number of carbonyl (C=O) groups is 2. The van der Waals surface area contributed by atoms with Crippen molar-refractivity contribution in [2.75, 3.05) is 19.7 Å². The lowest BCUT2D eigenvalue weighted by molar-refractivity contribution is -0.143. The molecular formula is C17H23NO4. The van der Waals surface area contributed by atoms with E-state index in [9.17, 15) is 9.59 Å². The third-order valence-electron chi connectivity index (χ3n) is 3.74. The van der Waals surface area contributed by atoms with Gasteiger partial charge >= 0.3 is 5.97 Å². The standard InChI is InChI=1S/C17H23NO4/c1-12(2)11-22-15-7-5-13(6-8-15)16(19)18-9-3-4-14(10-18)17(20)21/h5-8,12,14H,3-4,9-11H2,1-2H3,(H,20,21)/t14-/m0/s1. The summed E-state index contributed by atoms with van der Waals surface area (Å²) in [5.74, 6) is -0.197. The fraction of sp³-hybridized carbons (Fsp3) is 0.529. The molecule has 0 bridgehead atoms. The molecule has 1 aromatic rings. The van der Waals surface area contributed by atoms with Gasteiger partial charge in [0.25, 0.3) is 5.91 Å². The van der Waals surface area contributed by atoms with Crippen LogP contribution in [-0.4, -0.2) is 41.6 Å². The van der Waals surface area contributed by atoms with Crippen LogP contribution in [0.3, 0.4) is 0 Å². The van der Waals surface area contributed by atoms with Crippen LogP contribution >= 0.6 is 0 Å². The van der Waals surface area contributed by atoms with Crippen LogP contribution in [0.15, 0.2) is 24.3 Å². The molecule has 1 aliphatic heterocycles. The largest absolute Gasteiger partial charge is 0.493 e. The molecule has 5 nitrogen and oxygen atoms in total. The molecule has 22 heavy (non-hydrogen) atoms. The number of carbonyl (C=O) groups excluding carboxylic acids is 1. The monoisotopic (exact) mass is 305 g/mol. The minimum Gasteiger partial charge on any atom is -0.493 e. The van der Waals surface area contributed by atoms with Crippen molar-refractivity contribution in [3.63, 3.8) is 0 Å². The molecule has 5 heteroatoms. The molecule has 120 valence electrons. The summed E-state index contributed by atoms with van der Waals surface area (Å²) in [5.41, 5.74) is 0.572. The van der Waals surface area contributed by atoms with Crippen LogP contribution in [-0.2, 0) is 4.79 Å². The first-order chi connectivity index (χ1) is 10.5. The van der Waals surface area contributed by atoms with Crippen molar-refractivity contribution < 1.29 is 19.4 Å². The minimum atomic E-state index is -0.824. The molecule has 1 heterocycles. The van der Waals surface area contributed by atoms with Gasteiger partial charge in [0.1, 0.15) is 5.75 Å². The Balaban J connectivity index is 1.98. The Morgan fingerprint density at radius 2 is 2.00 bits per heavy atom. The van der Waals surface area contributed by atoms with Gasteiger partial charge in [-0.25, -0.2) is 0 Å². The number of nitrogens with zero attached hydrogens (tertiary/aromatic N) is 1. The van der Waals surface area contributed by atoms with E-state index in [-0.39, 0.29) is 5.91 Å². The summed E-state index contributed by atoms with van der Waals surface area (Å²) >= 11 is 0. The van der Waals surface area contributed by atoms with Crippen molar-refractivity contribution in [3.8, 4) is 5.75 Å². The van der Waals surface area contributed by atoms with Crippen LogP contribution in [0.4, 0.5) is 0 Å². The Morgan fingerprint density at radius 1 is 1.32 bits per heavy atom. The van der Waals surface area contributed by atoms with Gasteiger partial charge in [0, 0.05) is 18.7 Å². The third-order valence-corrected chi connectivity index (χ3v) is 3.74. The molecular weight excluding hydrogens is 282 g/mol. The highest BCUT2D eigenvalue weighted by Gasteiger charge is 2.28. The number of benzene rings is 1. The molecule has 2 rings (SSSR count). The van der Waals surface area contributed by atoms with E-state index >= 15 is 0 Å². The third kappa shape index (κ3) is 4.23. The van der Waals surface area contributed by atoms with Crippen molar-refractivity contribution in [3.05, 3.63) is 29.8 Å². The van der Waals surface area contributed by atoms with Gasteiger partial charge in [-0.2, -0.15) is 0 Å². The number of likely N-dealkylation sites (tertiary alicyclic amines) is 1. The number of ether oxygens (including phenoxy) is 1. The number of carboxylic acid groups (broad SMARTS) is 1. The molecule has 1 aromatic carbocycles. The predicted octanol–water partition coefficient (Wildman–Crippen LogP) is 2.66. The van der Waals surface area contributed by atoms with Crippen molar-refractivity contribution in [1.29, 1.82) is 0 Å². The van der Waals surface area contributed by atoms with E-state index in [1.54, 1.807) is 29.2 Å². The molecule has 1 N–H and O–H groups in total. The van der Waals surface area contributed by atoms with Crippen molar-refractivity contribution >= 4 is 11.9 Å². The van der Waals surface area contributed by atoms with Gasteiger partial charge in [0.05, 0.1) is 12.5 Å². The van der Waals surface area contributed by atoms with Gasteiger partial charge in [-0.3, -0.25) is 9.59 Å². The highest BCUT2D eigenvalue weighted by molar-refractivity contribution is 5.94. The quantitative estimate of drug-likeness (QED) is 0.908. The van der Waals surface area contributed by atoms with E-state index in [1.165, 1.54) is 0 Å². The van der Waals surface area contributed by atoms with E-state index < -0.39 is 11.9 Å². The zero-order valence-electron chi connectivity index (χ0n) is 13.1. The first-order valence-electron chi connectivity index (χ1n) is 7.72. The summed E-state index contributed by atoms with van der Waals surface area (Å²) in [6, 6.07) is 7.05. The highest BCUT2D eigenvalue weighted by atomic mass is 16.5. The zero-order valence-corrected chi connectivity index (χ0v) is 13.1. The molecule has 1 fully saturated rings. The van der Waals surface area contributed by atoms with E-state index in [1.807, 2.05) is 0 Å². The Bertz CT molecular complexity index is 524. The Hall–Kier alpha value is -2.04. The number of aliphatic carboxylic acids is 1.